The average Bonchev–Trinajstić information content (AvgIpc) is 2.86. The number of nitrogens with two attached hydrogens (primary N) is 1. The second-order valence-corrected chi connectivity index (χ2v) is 5.21. The van der Waals surface area contributed by atoms with Crippen LogP contribution < -0.4 is 10.5 Å². The molecule has 2 rings (SSSR count). The molecular weight excluding hydrogens is 224 g/mol. The topological polar surface area (TPSA) is 38.5 Å². The molecule has 1 atom stereocenters. The number of likely N-dealkylation sites (tertiary alicyclic amines) is 1. The number of ether oxygens (including phenoxy) is 1. The lowest BCUT2D eigenvalue weighted by Gasteiger charge is -2.26. The van der Waals surface area contributed by atoms with Gasteiger partial charge in [0.05, 0.1) is 6.04 Å². The summed E-state index contributed by atoms with van der Waals surface area (Å²) in [6.45, 7) is 7.89. The van der Waals surface area contributed by atoms with Gasteiger partial charge >= 0.3 is 0 Å². The maximum atomic E-state index is 5.94. The highest BCUT2D eigenvalue weighted by Gasteiger charge is 2.21. The van der Waals surface area contributed by atoms with Gasteiger partial charge in [-0.3, -0.25) is 4.90 Å². The van der Waals surface area contributed by atoms with Crippen molar-refractivity contribution in [2.75, 3.05) is 26.2 Å². The van der Waals surface area contributed by atoms with E-state index in [9.17, 15) is 0 Å². The van der Waals surface area contributed by atoms with E-state index >= 15 is 0 Å². The van der Waals surface area contributed by atoms with Crippen molar-refractivity contribution >= 4 is 0 Å². The lowest BCUT2D eigenvalue weighted by atomic mass is 10.1. The number of rotatable bonds is 5. The van der Waals surface area contributed by atoms with E-state index in [0.717, 1.165) is 18.8 Å². The molecule has 1 aromatic rings. The molecule has 2 N–H and O–H groups in total. The van der Waals surface area contributed by atoms with Crippen molar-refractivity contribution < 1.29 is 4.74 Å². The maximum absolute atomic E-state index is 5.94. The molecule has 100 valence electrons. The molecule has 0 aromatic heterocycles. The molecule has 0 aliphatic carbocycles. The van der Waals surface area contributed by atoms with Crippen LogP contribution >= 0.6 is 0 Å². The summed E-state index contributed by atoms with van der Waals surface area (Å²) in [5, 5.41) is 0. The molecule has 1 aliphatic heterocycles. The summed E-state index contributed by atoms with van der Waals surface area (Å²) in [6, 6.07) is 6.66. The number of benzene rings is 1. The second kappa shape index (κ2) is 6.21. The highest BCUT2D eigenvalue weighted by atomic mass is 16.5. The molecule has 0 radical (unpaired) electrons. The number of aryl methyl sites for hydroxylation is 2. The molecular formula is C15H24N2O. The van der Waals surface area contributed by atoms with Gasteiger partial charge in [0.15, 0.2) is 0 Å². The zero-order valence-corrected chi connectivity index (χ0v) is 11.5. The zero-order valence-electron chi connectivity index (χ0n) is 11.5. The van der Waals surface area contributed by atoms with Gasteiger partial charge in [0.2, 0.25) is 0 Å². The van der Waals surface area contributed by atoms with Crippen LogP contribution in [-0.2, 0) is 0 Å². The van der Waals surface area contributed by atoms with Crippen molar-refractivity contribution in [3.8, 4) is 5.75 Å². The van der Waals surface area contributed by atoms with E-state index in [1.54, 1.807) is 0 Å². The van der Waals surface area contributed by atoms with E-state index in [2.05, 4.69) is 36.9 Å². The van der Waals surface area contributed by atoms with Gasteiger partial charge < -0.3 is 10.5 Å². The number of nitrogens with zero attached hydrogens (tertiary/aromatic N) is 1. The first-order valence-electron chi connectivity index (χ1n) is 6.85. The van der Waals surface area contributed by atoms with Crippen molar-refractivity contribution in [1.82, 2.24) is 4.90 Å². The van der Waals surface area contributed by atoms with E-state index in [1.165, 1.54) is 24.0 Å². The Morgan fingerprint density at radius 3 is 2.61 bits per heavy atom. The predicted octanol–water partition coefficient (Wildman–Crippen LogP) is 2.11. The van der Waals surface area contributed by atoms with Crippen molar-refractivity contribution in [3.63, 3.8) is 0 Å². The molecule has 0 spiro atoms. The largest absolute Gasteiger partial charge is 0.492 e. The van der Waals surface area contributed by atoms with E-state index in [1.807, 2.05) is 0 Å². The molecule has 0 bridgehead atoms. The first-order valence-corrected chi connectivity index (χ1v) is 6.85. The smallest absolute Gasteiger partial charge is 0.122 e. The van der Waals surface area contributed by atoms with E-state index in [0.29, 0.717) is 19.2 Å². The Morgan fingerprint density at radius 2 is 2.00 bits per heavy atom. The van der Waals surface area contributed by atoms with Crippen molar-refractivity contribution in [1.29, 1.82) is 0 Å². The third kappa shape index (κ3) is 3.24. The summed E-state index contributed by atoms with van der Waals surface area (Å²) < 4.78 is 5.94. The van der Waals surface area contributed by atoms with E-state index in [-0.39, 0.29) is 0 Å². The summed E-state index contributed by atoms with van der Waals surface area (Å²) in [5.74, 6) is 0.984. The molecule has 1 aromatic carbocycles. The fraction of sp³-hybridized carbons (Fsp3) is 0.600. The molecule has 3 heteroatoms. The van der Waals surface area contributed by atoms with Gasteiger partial charge in [-0.15, -0.1) is 0 Å². The van der Waals surface area contributed by atoms with Crippen LogP contribution in [0, 0.1) is 13.8 Å². The van der Waals surface area contributed by atoms with Gasteiger partial charge in [0, 0.05) is 6.54 Å². The molecule has 1 aliphatic rings. The van der Waals surface area contributed by atoms with Crippen molar-refractivity contribution in [2.45, 2.75) is 32.7 Å². The summed E-state index contributed by atoms with van der Waals surface area (Å²) in [5.41, 5.74) is 8.33. The summed E-state index contributed by atoms with van der Waals surface area (Å²) >= 11 is 0. The third-order valence-electron chi connectivity index (χ3n) is 3.69. The molecule has 18 heavy (non-hydrogen) atoms. The Bertz CT molecular complexity index is 386. The van der Waals surface area contributed by atoms with Gasteiger partial charge in [-0.05, 0) is 51.4 Å². The van der Waals surface area contributed by atoms with Crippen LogP contribution in [0.4, 0.5) is 0 Å². The highest BCUT2D eigenvalue weighted by molar-refractivity contribution is 5.35. The van der Waals surface area contributed by atoms with Crippen LogP contribution in [0.3, 0.4) is 0 Å². The monoisotopic (exact) mass is 248 g/mol. The molecule has 1 fully saturated rings. The lowest BCUT2D eigenvalue weighted by Crippen LogP contribution is -2.42. The predicted molar refractivity (Wildman–Crippen MR) is 75.1 cm³/mol. The highest BCUT2D eigenvalue weighted by Crippen LogP contribution is 2.20. The Hall–Kier alpha value is -1.06. The summed E-state index contributed by atoms with van der Waals surface area (Å²) in [6.07, 6.45) is 2.58. The van der Waals surface area contributed by atoms with Gasteiger partial charge in [-0.1, -0.05) is 17.7 Å². The van der Waals surface area contributed by atoms with Crippen LogP contribution in [0.25, 0.3) is 0 Å². The van der Waals surface area contributed by atoms with Gasteiger partial charge in [-0.2, -0.15) is 0 Å². The molecule has 3 nitrogen and oxygen atoms in total. The Labute approximate surface area is 110 Å². The summed E-state index contributed by atoms with van der Waals surface area (Å²) in [4.78, 5) is 2.45. The van der Waals surface area contributed by atoms with Crippen molar-refractivity contribution in [2.24, 2.45) is 5.73 Å². The standard InChI is InChI=1S/C15H24N2O/c1-12-5-6-15(13(2)9-12)18-11-14(10-16)17-7-3-4-8-17/h5-6,9,14H,3-4,7-8,10-11,16H2,1-2H3. The first kappa shape index (κ1) is 13.4. The fourth-order valence-corrected chi connectivity index (χ4v) is 2.58. The number of hydrogen-bond acceptors (Lipinski definition) is 3. The Kier molecular flexibility index (Phi) is 4.61. The minimum Gasteiger partial charge on any atom is -0.492 e. The zero-order chi connectivity index (χ0) is 13.0. The van der Waals surface area contributed by atoms with Crippen LogP contribution in [0.1, 0.15) is 24.0 Å². The number of hydrogen-bond donors (Lipinski definition) is 1. The van der Waals surface area contributed by atoms with E-state index in [4.69, 9.17) is 10.5 Å². The van der Waals surface area contributed by atoms with Crippen LogP contribution in [-0.4, -0.2) is 37.2 Å². The van der Waals surface area contributed by atoms with Gasteiger partial charge in [0.1, 0.15) is 12.4 Å². The minimum atomic E-state index is 0.355. The van der Waals surface area contributed by atoms with Crippen molar-refractivity contribution in [3.05, 3.63) is 29.3 Å². The Balaban J connectivity index is 1.92. The quantitative estimate of drug-likeness (QED) is 0.867. The molecule has 1 saturated heterocycles. The van der Waals surface area contributed by atoms with E-state index < -0.39 is 0 Å². The molecule has 0 saturated carbocycles. The molecule has 1 heterocycles. The first-order chi connectivity index (χ1) is 8.70. The van der Waals surface area contributed by atoms with Crippen LogP contribution in [0.5, 0.6) is 5.75 Å². The summed E-state index contributed by atoms with van der Waals surface area (Å²) in [7, 11) is 0. The third-order valence-corrected chi connectivity index (χ3v) is 3.69. The SMILES string of the molecule is Cc1ccc(OCC(CN)N2CCCC2)c(C)c1. The van der Waals surface area contributed by atoms with Crippen LogP contribution in [0.15, 0.2) is 18.2 Å². The average molecular weight is 248 g/mol. The minimum absolute atomic E-state index is 0.355. The van der Waals surface area contributed by atoms with Gasteiger partial charge in [0.25, 0.3) is 0 Å². The molecule has 1 unspecified atom stereocenters. The fourth-order valence-electron chi connectivity index (χ4n) is 2.58. The lowest BCUT2D eigenvalue weighted by molar-refractivity contribution is 0.164. The normalized spacial score (nSPS) is 17.9. The van der Waals surface area contributed by atoms with Crippen LogP contribution in [0.2, 0.25) is 0 Å². The van der Waals surface area contributed by atoms with Gasteiger partial charge in [-0.25, -0.2) is 0 Å². The molecule has 0 amide bonds. The Morgan fingerprint density at radius 1 is 1.28 bits per heavy atom. The second-order valence-electron chi connectivity index (χ2n) is 5.21. The maximum Gasteiger partial charge on any atom is 0.122 e.